The van der Waals surface area contributed by atoms with Gasteiger partial charge in [0.1, 0.15) is 23.8 Å². The topological polar surface area (TPSA) is 68.2 Å². The van der Waals surface area contributed by atoms with Crippen molar-refractivity contribution in [3.05, 3.63) is 35.9 Å². The van der Waals surface area contributed by atoms with E-state index in [2.05, 4.69) is 5.16 Å². The Kier molecular flexibility index (Phi) is 3.16. The number of hydrogen-bond donors (Lipinski definition) is 0. The van der Waals surface area contributed by atoms with Crippen molar-refractivity contribution >= 4 is 17.7 Å². The van der Waals surface area contributed by atoms with E-state index in [0.29, 0.717) is 5.71 Å². The number of benzene rings is 1. The van der Waals surface area contributed by atoms with Crippen molar-refractivity contribution in [1.82, 2.24) is 4.90 Å². The molecular weight excluding hydrogens is 272 g/mol. The molecule has 0 aliphatic carbocycles. The second kappa shape index (κ2) is 4.87. The van der Waals surface area contributed by atoms with E-state index in [1.165, 1.54) is 0 Å². The van der Waals surface area contributed by atoms with Gasteiger partial charge in [-0.1, -0.05) is 35.5 Å². The Balaban J connectivity index is 1.83. The summed E-state index contributed by atoms with van der Waals surface area (Å²) in [7, 11) is 0. The summed E-state index contributed by atoms with van der Waals surface area (Å²) in [4.78, 5) is 30.6. The standard InChI is InChI=1S/C15H16N2O4/c1-15(2)9-17(14(19)21-15)13(18)11-8-20-16-12(11)10-6-4-3-5-7-10/h3-7,11H,8-9H2,1-2H3/t11-/m0/s1. The lowest BCUT2D eigenvalue weighted by Gasteiger charge is -2.17. The lowest BCUT2D eigenvalue weighted by atomic mass is 9.96. The summed E-state index contributed by atoms with van der Waals surface area (Å²) in [6.07, 6.45) is -0.607. The molecule has 0 bridgehead atoms. The zero-order chi connectivity index (χ0) is 15.0. The van der Waals surface area contributed by atoms with Crippen LogP contribution in [0.2, 0.25) is 0 Å². The van der Waals surface area contributed by atoms with E-state index in [0.717, 1.165) is 10.5 Å². The molecule has 0 unspecified atom stereocenters. The van der Waals surface area contributed by atoms with Crippen LogP contribution in [0.1, 0.15) is 19.4 Å². The highest BCUT2D eigenvalue weighted by molar-refractivity contribution is 6.15. The van der Waals surface area contributed by atoms with Gasteiger partial charge in [0, 0.05) is 5.56 Å². The summed E-state index contributed by atoms with van der Waals surface area (Å²) in [6.45, 7) is 3.93. The fraction of sp³-hybridized carbons (Fsp3) is 0.400. The van der Waals surface area contributed by atoms with E-state index < -0.39 is 17.6 Å². The number of carbonyl (C=O) groups excluding carboxylic acids is 2. The normalized spacial score (nSPS) is 23.5. The molecule has 0 N–H and O–H groups in total. The molecule has 1 saturated heterocycles. The van der Waals surface area contributed by atoms with Crippen LogP contribution < -0.4 is 0 Å². The van der Waals surface area contributed by atoms with Crippen molar-refractivity contribution in [3.8, 4) is 0 Å². The molecule has 2 aliphatic heterocycles. The van der Waals surface area contributed by atoms with Gasteiger partial charge in [-0.15, -0.1) is 0 Å². The lowest BCUT2D eigenvalue weighted by molar-refractivity contribution is -0.130. The van der Waals surface area contributed by atoms with Gasteiger partial charge in [0.05, 0.1) is 6.54 Å². The second-order valence-corrected chi connectivity index (χ2v) is 5.74. The SMILES string of the molecule is CC1(C)CN(C(=O)[C@H]2CON=C2c2ccccc2)C(=O)O1. The molecule has 2 amide bonds. The number of rotatable bonds is 2. The van der Waals surface area contributed by atoms with Crippen LogP contribution in [0, 0.1) is 5.92 Å². The van der Waals surface area contributed by atoms with E-state index in [-0.39, 0.29) is 19.1 Å². The summed E-state index contributed by atoms with van der Waals surface area (Å²) >= 11 is 0. The first-order chi connectivity index (χ1) is 9.98. The first kappa shape index (κ1) is 13.6. The minimum Gasteiger partial charge on any atom is -0.441 e. The number of amides is 2. The molecule has 21 heavy (non-hydrogen) atoms. The average molecular weight is 288 g/mol. The predicted molar refractivity (Wildman–Crippen MR) is 74.7 cm³/mol. The Morgan fingerprint density at radius 1 is 1.33 bits per heavy atom. The lowest BCUT2D eigenvalue weighted by Crippen LogP contribution is -2.41. The van der Waals surface area contributed by atoms with Crippen LogP contribution in [0.3, 0.4) is 0 Å². The van der Waals surface area contributed by atoms with Crippen molar-refractivity contribution in [2.75, 3.05) is 13.2 Å². The molecule has 6 nitrogen and oxygen atoms in total. The van der Waals surface area contributed by atoms with E-state index in [1.54, 1.807) is 13.8 Å². The van der Waals surface area contributed by atoms with Gasteiger partial charge >= 0.3 is 6.09 Å². The van der Waals surface area contributed by atoms with E-state index in [1.807, 2.05) is 30.3 Å². The first-order valence-corrected chi connectivity index (χ1v) is 6.77. The van der Waals surface area contributed by atoms with Gasteiger partial charge in [-0.3, -0.25) is 4.79 Å². The summed E-state index contributed by atoms with van der Waals surface area (Å²) in [5.74, 6) is -0.903. The Morgan fingerprint density at radius 3 is 2.67 bits per heavy atom. The molecule has 6 heteroatoms. The van der Waals surface area contributed by atoms with Gasteiger partial charge in [-0.25, -0.2) is 9.69 Å². The van der Waals surface area contributed by atoms with Gasteiger partial charge in [0.2, 0.25) is 5.91 Å². The molecule has 0 saturated carbocycles. The van der Waals surface area contributed by atoms with Crippen molar-refractivity contribution in [1.29, 1.82) is 0 Å². The Labute approximate surface area is 122 Å². The average Bonchev–Trinajstić information content (AvgIpc) is 3.03. The summed E-state index contributed by atoms with van der Waals surface area (Å²) in [5.41, 5.74) is 0.717. The Hall–Kier alpha value is -2.37. The van der Waals surface area contributed by atoms with Crippen LogP contribution in [0.15, 0.2) is 35.5 Å². The molecule has 2 heterocycles. The fourth-order valence-corrected chi connectivity index (χ4v) is 2.50. The van der Waals surface area contributed by atoms with Crippen LogP contribution >= 0.6 is 0 Å². The molecule has 0 spiro atoms. The summed E-state index contributed by atoms with van der Waals surface area (Å²) in [6, 6.07) is 9.34. The number of hydrogen-bond acceptors (Lipinski definition) is 5. The van der Waals surface area contributed by atoms with Crippen LogP contribution in [0.25, 0.3) is 0 Å². The van der Waals surface area contributed by atoms with Gasteiger partial charge < -0.3 is 9.57 Å². The molecule has 1 atom stereocenters. The third-order valence-corrected chi connectivity index (χ3v) is 3.49. The van der Waals surface area contributed by atoms with Crippen molar-refractivity contribution < 1.29 is 19.2 Å². The molecular formula is C15H16N2O4. The first-order valence-electron chi connectivity index (χ1n) is 6.77. The maximum atomic E-state index is 12.6. The van der Waals surface area contributed by atoms with Crippen molar-refractivity contribution in [2.24, 2.45) is 11.1 Å². The van der Waals surface area contributed by atoms with Crippen molar-refractivity contribution in [2.45, 2.75) is 19.4 Å². The predicted octanol–water partition coefficient (Wildman–Crippen LogP) is 1.79. The van der Waals surface area contributed by atoms with Crippen molar-refractivity contribution in [3.63, 3.8) is 0 Å². The third kappa shape index (κ3) is 2.49. The monoisotopic (exact) mass is 288 g/mol. The fourth-order valence-electron chi connectivity index (χ4n) is 2.50. The van der Waals surface area contributed by atoms with Crippen LogP contribution in [0.4, 0.5) is 4.79 Å². The Morgan fingerprint density at radius 2 is 2.05 bits per heavy atom. The van der Waals surface area contributed by atoms with Gasteiger partial charge in [-0.05, 0) is 13.8 Å². The molecule has 1 aromatic rings. The number of nitrogens with zero attached hydrogens (tertiary/aromatic N) is 2. The molecule has 0 radical (unpaired) electrons. The number of carbonyl (C=O) groups is 2. The van der Waals surface area contributed by atoms with E-state index >= 15 is 0 Å². The molecule has 0 aromatic heterocycles. The smallest absolute Gasteiger partial charge is 0.417 e. The highest BCUT2D eigenvalue weighted by atomic mass is 16.6. The number of cyclic esters (lactones) is 1. The largest absolute Gasteiger partial charge is 0.441 e. The molecule has 1 aromatic carbocycles. The van der Waals surface area contributed by atoms with E-state index in [4.69, 9.17) is 9.57 Å². The Bertz CT molecular complexity index is 609. The van der Waals surface area contributed by atoms with Crippen LogP contribution in [-0.2, 0) is 14.4 Å². The van der Waals surface area contributed by atoms with Gasteiger partial charge in [0.25, 0.3) is 0 Å². The molecule has 2 aliphatic rings. The van der Waals surface area contributed by atoms with E-state index in [9.17, 15) is 9.59 Å². The van der Waals surface area contributed by atoms with Gasteiger partial charge in [-0.2, -0.15) is 0 Å². The zero-order valence-electron chi connectivity index (χ0n) is 11.9. The van der Waals surface area contributed by atoms with Crippen LogP contribution in [0.5, 0.6) is 0 Å². The number of oxime groups is 1. The minimum absolute atomic E-state index is 0.146. The third-order valence-electron chi connectivity index (χ3n) is 3.49. The number of ether oxygens (including phenoxy) is 1. The summed E-state index contributed by atoms with van der Waals surface area (Å²) < 4.78 is 5.17. The molecule has 3 rings (SSSR count). The number of imide groups is 1. The molecule has 1 fully saturated rings. The maximum Gasteiger partial charge on any atom is 0.417 e. The minimum atomic E-state index is -0.656. The quantitative estimate of drug-likeness (QED) is 0.832. The molecule has 110 valence electrons. The highest BCUT2D eigenvalue weighted by Gasteiger charge is 2.45. The zero-order valence-corrected chi connectivity index (χ0v) is 11.9. The van der Waals surface area contributed by atoms with Gasteiger partial charge in [0.15, 0.2) is 0 Å². The highest BCUT2D eigenvalue weighted by Crippen LogP contribution is 2.26. The maximum absolute atomic E-state index is 12.6. The summed E-state index contributed by atoms with van der Waals surface area (Å²) in [5, 5.41) is 3.96. The second-order valence-electron chi connectivity index (χ2n) is 5.74. The van der Waals surface area contributed by atoms with Crippen LogP contribution in [-0.4, -0.2) is 41.4 Å².